The third-order valence-electron chi connectivity index (χ3n) is 1.41. The van der Waals surface area contributed by atoms with Crippen LogP contribution in [0.15, 0.2) is 13.9 Å². The van der Waals surface area contributed by atoms with Gasteiger partial charge in [0.05, 0.1) is 6.61 Å². The molecule has 0 fully saturated rings. The van der Waals surface area contributed by atoms with Crippen LogP contribution in [0, 0.1) is 0 Å². The van der Waals surface area contributed by atoms with Crippen molar-refractivity contribution in [3.63, 3.8) is 0 Å². The number of carbonyl (C=O) groups is 1. The van der Waals surface area contributed by atoms with E-state index in [0.29, 0.717) is 20.5 Å². The normalized spacial score (nSPS) is 10.3. The summed E-state index contributed by atoms with van der Waals surface area (Å²) in [4.78, 5) is 15.3. The molecule has 1 aromatic heterocycles. The van der Waals surface area contributed by atoms with Gasteiger partial charge in [-0.1, -0.05) is 0 Å². The molecule has 0 saturated carbocycles. The van der Waals surface area contributed by atoms with Crippen LogP contribution >= 0.6 is 47.8 Å². The Morgan fingerprint density at radius 3 is 2.57 bits per heavy atom. The summed E-state index contributed by atoms with van der Waals surface area (Å²) in [5, 5.41) is 0. The minimum absolute atomic E-state index is 0.133. The second kappa shape index (κ2) is 5.27. The van der Waals surface area contributed by atoms with E-state index in [1.807, 2.05) is 0 Å². The lowest BCUT2D eigenvalue weighted by atomic mass is 10.6. The molecule has 7 heteroatoms. The molecular formula is C7H7Br3N2O2. The fourth-order valence-corrected chi connectivity index (χ4v) is 2.57. The third kappa shape index (κ3) is 2.80. The first kappa shape index (κ1) is 12.2. The van der Waals surface area contributed by atoms with Crippen LogP contribution in [0.5, 0.6) is 0 Å². The fourth-order valence-electron chi connectivity index (χ4n) is 0.850. The minimum atomic E-state index is -0.293. The molecule has 0 saturated heterocycles. The van der Waals surface area contributed by atoms with Gasteiger partial charge in [0.2, 0.25) is 0 Å². The van der Waals surface area contributed by atoms with Gasteiger partial charge in [0.15, 0.2) is 4.73 Å². The van der Waals surface area contributed by atoms with Gasteiger partial charge in [0, 0.05) is 0 Å². The van der Waals surface area contributed by atoms with Crippen molar-refractivity contribution in [1.82, 2.24) is 9.55 Å². The van der Waals surface area contributed by atoms with Crippen molar-refractivity contribution in [3.05, 3.63) is 13.9 Å². The average molecular weight is 391 g/mol. The Morgan fingerprint density at radius 1 is 1.50 bits per heavy atom. The maximum Gasteiger partial charge on any atom is 0.326 e. The number of halogens is 3. The van der Waals surface area contributed by atoms with Crippen LogP contribution in [0.2, 0.25) is 0 Å². The van der Waals surface area contributed by atoms with Crippen molar-refractivity contribution in [2.24, 2.45) is 0 Å². The number of ether oxygens (including phenoxy) is 1. The maximum absolute atomic E-state index is 11.2. The van der Waals surface area contributed by atoms with Crippen molar-refractivity contribution in [2.45, 2.75) is 13.5 Å². The summed E-state index contributed by atoms with van der Waals surface area (Å²) >= 11 is 9.76. The van der Waals surface area contributed by atoms with Gasteiger partial charge in [-0.3, -0.25) is 4.79 Å². The van der Waals surface area contributed by atoms with E-state index in [-0.39, 0.29) is 12.5 Å². The molecule has 0 atom stereocenters. The minimum Gasteiger partial charge on any atom is -0.465 e. The molecule has 14 heavy (non-hydrogen) atoms. The number of hydrogen-bond acceptors (Lipinski definition) is 3. The van der Waals surface area contributed by atoms with Gasteiger partial charge in [-0.2, -0.15) is 0 Å². The molecule has 0 aliphatic heterocycles. The molecule has 0 amide bonds. The van der Waals surface area contributed by atoms with Crippen molar-refractivity contribution >= 4 is 53.8 Å². The Kier molecular flexibility index (Phi) is 4.59. The van der Waals surface area contributed by atoms with Gasteiger partial charge in [-0.25, -0.2) is 4.98 Å². The molecule has 0 bridgehead atoms. The van der Waals surface area contributed by atoms with Gasteiger partial charge < -0.3 is 9.30 Å². The van der Waals surface area contributed by atoms with Gasteiger partial charge in [-0.05, 0) is 54.7 Å². The molecule has 0 radical (unpaired) electrons. The van der Waals surface area contributed by atoms with Gasteiger partial charge in [0.1, 0.15) is 15.8 Å². The average Bonchev–Trinajstić information content (AvgIpc) is 2.33. The Balaban J connectivity index is 2.81. The molecule has 78 valence electrons. The number of aromatic nitrogens is 2. The molecule has 0 spiro atoms. The Hall–Kier alpha value is 0.120. The Bertz CT molecular complexity index is 351. The first-order valence-electron chi connectivity index (χ1n) is 3.79. The maximum atomic E-state index is 11.2. The van der Waals surface area contributed by atoms with Crippen LogP contribution < -0.4 is 0 Å². The van der Waals surface area contributed by atoms with E-state index in [1.54, 1.807) is 11.5 Å². The summed E-state index contributed by atoms with van der Waals surface area (Å²) in [6.45, 7) is 2.28. The topological polar surface area (TPSA) is 44.1 Å². The summed E-state index contributed by atoms with van der Waals surface area (Å²) in [6, 6.07) is 0. The molecule has 4 nitrogen and oxygen atoms in total. The van der Waals surface area contributed by atoms with Gasteiger partial charge in [-0.15, -0.1) is 0 Å². The Labute approximate surface area is 106 Å². The Morgan fingerprint density at radius 2 is 2.14 bits per heavy atom. The number of carbonyl (C=O) groups excluding carboxylic acids is 1. The van der Waals surface area contributed by atoms with Crippen LogP contribution in [0.1, 0.15) is 6.92 Å². The molecule has 0 aromatic carbocycles. The van der Waals surface area contributed by atoms with Crippen LogP contribution in [-0.4, -0.2) is 22.1 Å². The first-order valence-corrected chi connectivity index (χ1v) is 6.16. The highest BCUT2D eigenvalue weighted by molar-refractivity contribution is 9.13. The van der Waals surface area contributed by atoms with Gasteiger partial charge in [0.25, 0.3) is 0 Å². The van der Waals surface area contributed by atoms with E-state index >= 15 is 0 Å². The SMILES string of the molecule is CCOC(=O)Cn1c(Br)nc(Br)c1Br. The molecule has 1 heterocycles. The molecular weight excluding hydrogens is 384 g/mol. The zero-order chi connectivity index (χ0) is 10.7. The second-order valence-electron chi connectivity index (χ2n) is 2.35. The van der Waals surface area contributed by atoms with Gasteiger partial charge >= 0.3 is 5.97 Å². The number of rotatable bonds is 3. The van der Waals surface area contributed by atoms with Crippen molar-refractivity contribution in [1.29, 1.82) is 0 Å². The fraction of sp³-hybridized carbons (Fsp3) is 0.429. The predicted molar refractivity (Wildman–Crippen MR) is 62.0 cm³/mol. The summed E-state index contributed by atoms with van der Waals surface area (Å²) < 4.78 is 8.40. The molecule has 0 N–H and O–H groups in total. The molecule has 1 aromatic rings. The van der Waals surface area contributed by atoms with Crippen molar-refractivity contribution in [2.75, 3.05) is 6.61 Å². The summed E-state index contributed by atoms with van der Waals surface area (Å²) in [6.07, 6.45) is 0. The van der Waals surface area contributed by atoms with E-state index in [0.717, 1.165) is 0 Å². The lowest BCUT2D eigenvalue weighted by molar-refractivity contribution is -0.143. The van der Waals surface area contributed by atoms with Crippen molar-refractivity contribution in [3.8, 4) is 0 Å². The lowest BCUT2D eigenvalue weighted by Gasteiger charge is -2.04. The highest BCUT2D eigenvalue weighted by atomic mass is 79.9. The largest absolute Gasteiger partial charge is 0.465 e. The standard InChI is InChI=1S/C7H7Br3N2O2/c1-2-14-4(13)3-12-6(9)5(8)11-7(12)10/h2-3H2,1H3. The molecule has 0 aliphatic carbocycles. The number of imidazole rings is 1. The molecule has 1 rings (SSSR count). The monoisotopic (exact) mass is 388 g/mol. The zero-order valence-corrected chi connectivity index (χ0v) is 12.0. The number of nitrogens with zero attached hydrogens (tertiary/aromatic N) is 2. The predicted octanol–water partition coefficient (Wildman–Crippen LogP) is 2.73. The van der Waals surface area contributed by atoms with E-state index in [1.165, 1.54) is 0 Å². The lowest BCUT2D eigenvalue weighted by Crippen LogP contribution is -2.13. The van der Waals surface area contributed by atoms with Crippen LogP contribution in [0.25, 0.3) is 0 Å². The van der Waals surface area contributed by atoms with E-state index in [4.69, 9.17) is 4.74 Å². The highest BCUT2D eigenvalue weighted by Gasteiger charge is 2.14. The second-order valence-corrected chi connectivity index (χ2v) is 4.57. The smallest absolute Gasteiger partial charge is 0.326 e. The quantitative estimate of drug-likeness (QED) is 0.745. The zero-order valence-electron chi connectivity index (χ0n) is 7.26. The molecule has 0 aliphatic rings. The highest BCUT2D eigenvalue weighted by Crippen LogP contribution is 2.26. The van der Waals surface area contributed by atoms with E-state index in [2.05, 4.69) is 52.8 Å². The summed E-state index contributed by atoms with van der Waals surface area (Å²) in [5.41, 5.74) is 0. The first-order chi connectivity index (χ1) is 6.56. The molecule has 0 unspecified atom stereocenters. The number of esters is 1. The number of hydrogen-bond donors (Lipinski definition) is 0. The van der Waals surface area contributed by atoms with E-state index < -0.39 is 0 Å². The van der Waals surface area contributed by atoms with Crippen LogP contribution in [0.4, 0.5) is 0 Å². The van der Waals surface area contributed by atoms with E-state index in [9.17, 15) is 4.79 Å². The summed E-state index contributed by atoms with van der Waals surface area (Å²) in [5.74, 6) is -0.293. The third-order valence-corrected chi connectivity index (χ3v) is 3.91. The van der Waals surface area contributed by atoms with Crippen LogP contribution in [0.3, 0.4) is 0 Å². The van der Waals surface area contributed by atoms with Crippen LogP contribution in [-0.2, 0) is 16.1 Å². The summed E-state index contributed by atoms with van der Waals surface area (Å²) in [7, 11) is 0. The van der Waals surface area contributed by atoms with Crippen molar-refractivity contribution < 1.29 is 9.53 Å².